The van der Waals surface area contributed by atoms with E-state index in [9.17, 15) is 19.2 Å². The van der Waals surface area contributed by atoms with Crippen LogP contribution >= 0.6 is 0 Å². The van der Waals surface area contributed by atoms with Crippen molar-refractivity contribution in [3.05, 3.63) is 35.9 Å². The van der Waals surface area contributed by atoms with Crippen LogP contribution < -0.4 is 5.73 Å². The standard InChI is InChI=1S/C22H33N3O5/c1-7-24(18(16(3)26)13-17-11-9-8-10-12-17)14-19(27)25(20(28)15(2)23)21(29)30-22(4,5)6/h8-12,15,18H,7,13-14,23H2,1-6H3/t15-,18?/m1/s1. The summed E-state index contributed by atoms with van der Waals surface area (Å²) in [7, 11) is 0. The van der Waals surface area contributed by atoms with Gasteiger partial charge in [0, 0.05) is 0 Å². The van der Waals surface area contributed by atoms with Gasteiger partial charge in [-0.3, -0.25) is 19.3 Å². The van der Waals surface area contributed by atoms with Gasteiger partial charge in [-0.2, -0.15) is 4.90 Å². The van der Waals surface area contributed by atoms with Crippen LogP contribution in [0.25, 0.3) is 0 Å². The summed E-state index contributed by atoms with van der Waals surface area (Å²) in [6.07, 6.45) is -0.668. The SMILES string of the molecule is CCN(CC(=O)N(C(=O)OC(C)(C)C)C(=O)[C@@H](C)N)C(Cc1ccccc1)C(C)=O. The lowest BCUT2D eigenvalue weighted by atomic mass is 10.0. The fourth-order valence-corrected chi connectivity index (χ4v) is 2.88. The van der Waals surface area contributed by atoms with Crippen molar-refractivity contribution in [1.82, 2.24) is 9.80 Å². The summed E-state index contributed by atoms with van der Waals surface area (Å²) >= 11 is 0. The second-order valence-corrected chi connectivity index (χ2v) is 8.22. The molecule has 166 valence electrons. The first-order valence-electron chi connectivity index (χ1n) is 10.0. The zero-order valence-corrected chi connectivity index (χ0v) is 18.7. The smallest absolute Gasteiger partial charge is 0.424 e. The van der Waals surface area contributed by atoms with Crippen molar-refractivity contribution < 1.29 is 23.9 Å². The van der Waals surface area contributed by atoms with E-state index in [1.807, 2.05) is 30.3 Å². The molecule has 0 fully saturated rings. The van der Waals surface area contributed by atoms with Crippen molar-refractivity contribution >= 4 is 23.7 Å². The summed E-state index contributed by atoms with van der Waals surface area (Å²) in [6, 6.07) is 7.79. The molecule has 0 saturated carbocycles. The van der Waals surface area contributed by atoms with Crippen LogP contribution in [-0.4, -0.2) is 64.3 Å². The summed E-state index contributed by atoms with van der Waals surface area (Å²) in [4.78, 5) is 52.4. The van der Waals surface area contributed by atoms with Gasteiger partial charge in [0.2, 0.25) is 0 Å². The topological polar surface area (TPSA) is 110 Å². The molecule has 1 unspecified atom stereocenters. The third kappa shape index (κ3) is 7.68. The summed E-state index contributed by atoms with van der Waals surface area (Å²) in [5.74, 6) is -1.75. The second kappa shape index (κ2) is 11.0. The monoisotopic (exact) mass is 419 g/mol. The van der Waals surface area contributed by atoms with Crippen LogP contribution in [0.4, 0.5) is 4.79 Å². The number of ketones is 1. The number of carbonyl (C=O) groups is 4. The fourth-order valence-electron chi connectivity index (χ4n) is 2.88. The molecule has 0 bridgehead atoms. The molecule has 0 saturated heterocycles. The van der Waals surface area contributed by atoms with Gasteiger partial charge in [0.25, 0.3) is 11.8 Å². The molecule has 0 aromatic heterocycles. The van der Waals surface area contributed by atoms with E-state index in [2.05, 4.69) is 0 Å². The number of ether oxygens (including phenoxy) is 1. The first-order chi connectivity index (χ1) is 13.9. The molecule has 0 spiro atoms. The van der Waals surface area contributed by atoms with Gasteiger partial charge < -0.3 is 10.5 Å². The normalized spacial score (nSPS) is 13.5. The molecule has 2 N–H and O–H groups in total. The maximum absolute atomic E-state index is 13.0. The van der Waals surface area contributed by atoms with E-state index in [0.717, 1.165) is 5.56 Å². The second-order valence-electron chi connectivity index (χ2n) is 8.22. The Hall–Kier alpha value is -2.58. The van der Waals surface area contributed by atoms with Crippen LogP contribution in [0.3, 0.4) is 0 Å². The lowest BCUT2D eigenvalue weighted by molar-refractivity contribution is -0.145. The number of imide groups is 3. The molecule has 1 aromatic carbocycles. The molecular formula is C22H33N3O5. The first kappa shape index (κ1) is 25.5. The van der Waals surface area contributed by atoms with E-state index in [1.165, 1.54) is 13.8 Å². The molecule has 8 nitrogen and oxygen atoms in total. The number of amides is 3. The number of hydrogen-bond acceptors (Lipinski definition) is 7. The molecule has 1 aromatic rings. The van der Waals surface area contributed by atoms with Crippen molar-refractivity contribution in [3.63, 3.8) is 0 Å². The van der Waals surface area contributed by atoms with Crippen molar-refractivity contribution in [2.75, 3.05) is 13.1 Å². The van der Waals surface area contributed by atoms with Gasteiger partial charge in [-0.05, 0) is 53.1 Å². The van der Waals surface area contributed by atoms with Crippen LogP contribution in [0.2, 0.25) is 0 Å². The molecule has 0 heterocycles. The fraction of sp³-hybridized carbons (Fsp3) is 0.545. The van der Waals surface area contributed by atoms with Crippen molar-refractivity contribution in [2.24, 2.45) is 5.73 Å². The maximum Gasteiger partial charge on any atom is 0.424 e. The lowest BCUT2D eigenvalue weighted by Gasteiger charge is -2.31. The zero-order chi connectivity index (χ0) is 23.1. The molecule has 30 heavy (non-hydrogen) atoms. The lowest BCUT2D eigenvalue weighted by Crippen LogP contribution is -2.54. The predicted octanol–water partition coefficient (Wildman–Crippen LogP) is 2.15. The van der Waals surface area contributed by atoms with Gasteiger partial charge in [0.1, 0.15) is 11.4 Å². The Balaban J connectivity index is 3.10. The molecule has 0 aliphatic carbocycles. The Kier molecular flexibility index (Phi) is 9.32. The van der Waals surface area contributed by atoms with Crippen LogP contribution in [0.1, 0.15) is 47.1 Å². The number of rotatable bonds is 8. The van der Waals surface area contributed by atoms with E-state index in [4.69, 9.17) is 10.5 Å². The third-order valence-electron chi connectivity index (χ3n) is 4.36. The van der Waals surface area contributed by atoms with Gasteiger partial charge in [-0.15, -0.1) is 0 Å². The van der Waals surface area contributed by atoms with Crippen molar-refractivity contribution in [1.29, 1.82) is 0 Å². The Morgan fingerprint density at radius 1 is 1.10 bits per heavy atom. The Morgan fingerprint density at radius 2 is 1.67 bits per heavy atom. The Labute approximate surface area is 178 Å². The van der Waals surface area contributed by atoms with E-state index < -0.39 is 35.6 Å². The minimum atomic E-state index is -1.08. The molecule has 0 radical (unpaired) electrons. The minimum absolute atomic E-state index is 0.115. The molecule has 1 rings (SSSR count). The van der Waals surface area contributed by atoms with Gasteiger partial charge in [0.15, 0.2) is 0 Å². The van der Waals surface area contributed by atoms with Gasteiger partial charge in [0.05, 0.1) is 18.6 Å². The average molecular weight is 420 g/mol. The Morgan fingerprint density at radius 3 is 2.10 bits per heavy atom. The largest absolute Gasteiger partial charge is 0.443 e. The Bertz CT molecular complexity index is 756. The van der Waals surface area contributed by atoms with Crippen LogP contribution in [-0.2, 0) is 25.5 Å². The molecule has 2 atom stereocenters. The minimum Gasteiger partial charge on any atom is -0.443 e. The quantitative estimate of drug-likeness (QED) is 0.687. The summed E-state index contributed by atoms with van der Waals surface area (Å²) in [5, 5.41) is 0. The van der Waals surface area contributed by atoms with Gasteiger partial charge in [-0.1, -0.05) is 37.3 Å². The summed E-state index contributed by atoms with van der Waals surface area (Å²) < 4.78 is 5.22. The van der Waals surface area contributed by atoms with Crippen molar-refractivity contribution in [2.45, 2.75) is 65.6 Å². The molecular weight excluding hydrogens is 386 g/mol. The number of hydrogen-bond donors (Lipinski definition) is 1. The molecule has 0 aliphatic rings. The number of Topliss-reactive ketones (excluding diaryl/α,β-unsaturated/α-hetero) is 1. The zero-order valence-electron chi connectivity index (χ0n) is 18.7. The molecule has 0 aliphatic heterocycles. The molecule has 8 heteroatoms. The number of benzene rings is 1. The van der Waals surface area contributed by atoms with Crippen molar-refractivity contribution in [3.8, 4) is 0 Å². The highest BCUT2D eigenvalue weighted by atomic mass is 16.6. The summed E-state index contributed by atoms with van der Waals surface area (Å²) in [5.41, 5.74) is 5.68. The van der Waals surface area contributed by atoms with E-state index >= 15 is 0 Å². The highest BCUT2D eigenvalue weighted by Crippen LogP contribution is 2.14. The third-order valence-corrected chi connectivity index (χ3v) is 4.36. The number of nitrogens with two attached hydrogens (primary N) is 1. The molecule has 3 amide bonds. The van der Waals surface area contributed by atoms with E-state index in [1.54, 1.807) is 32.6 Å². The van der Waals surface area contributed by atoms with Gasteiger partial charge >= 0.3 is 6.09 Å². The highest BCUT2D eigenvalue weighted by Gasteiger charge is 2.36. The number of likely N-dealkylation sites (N-methyl/N-ethyl adjacent to an activating group) is 1. The number of nitrogens with zero attached hydrogens (tertiary/aromatic N) is 2. The number of carbonyl (C=O) groups excluding carboxylic acids is 4. The first-order valence-corrected chi connectivity index (χ1v) is 10.0. The van der Waals surface area contributed by atoms with Gasteiger partial charge in [-0.25, -0.2) is 4.79 Å². The average Bonchev–Trinajstić information content (AvgIpc) is 2.63. The maximum atomic E-state index is 13.0. The van der Waals surface area contributed by atoms with E-state index in [0.29, 0.717) is 17.9 Å². The van der Waals surface area contributed by atoms with Crippen LogP contribution in [0.5, 0.6) is 0 Å². The van der Waals surface area contributed by atoms with Crippen LogP contribution in [0, 0.1) is 0 Å². The predicted molar refractivity (Wildman–Crippen MR) is 114 cm³/mol. The van der Waals surface area contributed by atoms with E-state index in [-0.39, 0.29) is 12.3 Å². The van der Waals surface area contributed by atoms with Crippen LogP contribution in [0.15, 0.2) is 30.3 Å². The highest BCUT2D eigenvalue weighted by molar-refractivity contribution is 6.10. The summed E-state index contributed by atoms with van der Waals surface area (Å²) in [6.45, 7) is 9.62.